The normalized spacial score (nSPS) is 17.9. The van der Waals surface area contributed by atoms with E-state index in [0.717, 1.165) is 30.0 Å². The number of hydrogen-bond donors (Lipinski definition) is 1. The fourth-order valence-electron chi connectivity index (χ4n) is 2.47. The van der Waals surface area contributed by atoms with Crippen LogP contribution in [0.1, 0.15) is 35.1 Å². The summed E-state index contributed by atoms with van der Waals surface area (Å²) >= 11 is 0. The Balaban J connectivity index is 2.03. The van der Waals surface area contributed by atoms with Crippen LogP contribution in [0.15, 0.2) is 30.3 Å². The van der Waals surface area contributed by atoms with E-state index in [1.54, 1.807) is 17.9 Å². The van der Waals surface area contributed by atoms with Crippen molar-refractivity contribution >= 4 is 5.97 Å². The molecule has 0 radical (unpaired) electrons. The van der Waals surface area contributed by atoms with Gasteiger partial charge in [-0.2, -0.15) is 5.10 Å². The predicted octanol–water partition coefficient (Wildman–Crippen LogP) is 2.43. The number of aromatic carboxylic acids is 1. The number of carboxylic acid groups (broad SMARTS) is 1. The van der Waals surface area contributed by atoms with Crippen LogP contribution >= 0.6 is 0 Å². The molecule has 0 amide bonds. The number of carboxylic acids is 1. The summed E-state index contributed by atoms with van der Waals surface area (Å²) in [6, 6.07) is 8.90. The van der Waals surface area contributed by atoms with E-state index in [-0.39, 0.29) is 11.8 Å². The summed E-state index contributed by atoms with van der Waals surface area (Å²) in [5.41, 5.74) is 1.58. The van der Waals surface area contributed by atoms with Crippen molar-refractivity contribution in [3.05, 3.63) is 41.7 Å². The van der Waals surface area contributed by atoms with Gasteiger partial charge in [-0.25, -0.2) is 9.48 Å². The minimum absolute atomic E-state index is 0.0244. The SMILES string of the molecule is COc1ccc(-n2nc(C(=O)O)cc2C2CCCO2)cc1. The quantitative estimate of drug-likeness (QED) is 0.935. The Labute approximate surface area is 121 Å². The molecule has 0 saturated carbocycles. The van der Waals surface area contributed by atoms with E-state index in [1.165, 1.54) is 0 Å². The first kappa shape index (κ1) is 13.6. The van der Waals surface area contributed by atoms with E-state index in [1.807, 2.05) is 24.3 Å². The largest absolute Gasteiger partial charge is 0.497 e. The van der Waals surface area contributed by atoms with Crippen LogP contribution in [0.3, 0.4) is 0 Å². The molecule has 3 rings (SSSR count). The fourth-order valence-corrected chi connectivity index (χ4v) is 2.47. The van der Waals surface area contributed by atoms with Gasteiger partial charge in [0.15, 0.2) is 5.69 Å². The molecular weight excluding hydrogens is 272 g/mol. The summed E-state index contributed by atoms with van der Waals surface area (Å²) in [5, 5.41) is 13.3. The van der Waals surface area contributed by atoms with Gasteiger partial charge < -0.3 is 14.6 Å². The molecule has 1 N–H and O–H groups in total. The minimum Gasteiger partial charge on any atom is -0.497 e. The van der Waals surface area contributed by atoms with Crippen LogP contribution < -0.4 is 4.74 Å². The van der Waals surface area contributed by atoms with Crippen LogP contribution in [0.5, 0.6) is 5.75 Å². The van der Waals surface area contributed by atoms with Crippen molar-refractivity contribution in [3.63, 3.8) is 0 Å². The van der Waals surface area contributed by atoms with Crippen molar-refractivity contribution in [1.82, 2.24) is 9.78 Å². The van der Waals surface area contributed by atoms with Gasteiger partial charge in [0.25, 0.3) is 0 Å². The Morgan fingerprint density at radius 2 is 2.19 bits per heavy atom. The summed E-state index contributed by atoms with van der Waals surface area (Å²) in [7, 11) is 1.60. The lowest BCUT2D eigenvalue weighted by molar-refractivity contribution is 0.0690. The highest BCUT2D eigenvalue weighted by Crippen LogP contribution is 2.31. The van der Waals surface area contributed by atoms with Gasteiger partial charge in [-0.05, 0) is 43.2 Å². The summed E-state index contributed by atoms with van der Waals surface area (Å²) in [4.78, 5) is 11.2. The van der Waals surface area contributed by atoms with Gasteiger partial charge in [0.05, 0.1) is 24.6 Å². The Bertz CT molecular complexity index is 642. The molecule has 1 atom stereocenters. The van der Waals surface area contributed by atoms with Crippen molar-refractivity contribution in [2.45, 2.75) is 18.9 Å². The Hall–Kier alpha value is -2.34. The number of carbonyl (C=O) groups is 1. The summed E-state index contributed by atoms with van der Waals surface area (Å²) in [6.07, 6.45) is 1.74. The lowest BCUT2D eigenvalue weighted by Crippen LogP contribution is -2.07. The average molecular weight is 288 g/mol. The van der Waals surface area contributed by atoms with Gasteiger partial charge in [-0.15, -0.1) is 0 Å². The second-order valence-corrected chi connectivity index (χ2v) is 4.87. The molecule has 1 aliphatic rings. The van der Waals surface area contributed by atoms with E-state index in [2.05, 4.69) is 5.10 Å². The maximum atomic E-state index is 11.2. The van der Waals surface area contributed by atoms with E-state index >= 15 is 0 Å². The second kappa shape index (κ2) is 5.57. The molecule has 6 nitrogen and oxygen atoms in total. The van der Waals surface area contributed by atoms with Crippen molar-refractivity contribution < 1.29 is 19.4 Å². The second-order valence-electron chi connectivity index (χ2n) is 4.87. The molecule has 1 saturated heterocycles. The Morgan fingerprint density at radius 1 is 1.43 bits per heavy atom. The van der Waals surface area contributed by atoms with Crippen molar-refractivity contribution in [2.75, 3.05) is 13.7 Å². The lowest BCUT2D eigenvalue weighted by atomic mass is 10.1. The molecule has 2 heterocycles. The van der Waals surface area contributed by atoms with Gasteiger partial charge in [0.1, 0.15) is 5.75 Å². The Kier molecular flexibility index (Phi) is 3.62. The van der Waals surface area contributed by atoms with Crippen LogP contribution in [-0.2, 0) is 4.74 Å². The van der Waals surface area contributed by atoms with Gasteiger partial charge in [0, 0.05) is 6.61 Å². The molecule has 1 unspecified atom stereocenters. The van der Waals surface area contributed by atoms with Crippen LogP contribution in [0.25, 0.3) is 5.69 Å². The van der Waals surface area contributed by atoms with Crippen LogP contribution in [0, 0.1) is 0 Å². The van der Waals surface area contributed by atoms with Crippen LogP contribution in [0.4, 0.5) is 0 Å². The smallest absolute Gasteiger partial charge is 0.356 e. The first-order chi connectivity index (χ1) is 10.2. The molecule has 1 aromatic heterocycles. The maximum absolute atomic E-state index is 11.2. The maximum Gasteiger partial charge on any atom is 0.356 e. The van der Waals surface area contributed by atoms with Gasteiger partial charge in [-0.1, -0.05) is 0 Å². The number of aromatic nitrogens is 2. The van der Waals surface area contributed by atoms with Crippen LogP contribution in [-0.4, -0.2) is 34.6 Å². The van der Waals surface area contributed by atoms with E-state index in [4.69, 9.17) is 14.6 Å². The highest BCUT2D eigenvalue weighted by Gasteiger charge is 2.25. The number of hydrogen-bond acceptors (Lipinski definition) is 4. The molecular formula is C15H16N2O4. The molecule has 1 fully saturated rings. The van der Waals surface area contributed by atoms with Gasteiger partial charge in [0.2, 0.25) is 0 Å². The first-order valence-corrected chi connectivity index (χ1v) is 6.78. The third kappa shape index (κ3) is 2.62. The number of ether oxygens (including phenoxy) is 2. The number of rotatable bonds is 4. The lowest BCUT2D eigenvalue weighted by Gasteiger charge is -2.12. The van der Waals surface area contributed by atoms with Gasteiger partial charge in [-0.3, -0.25) is 0 Å². The van der Waals surface area contributed by atoms with Crippen molar-refractivity contribution in [1.29, 1.82) is 0 Å². The molecule has 0 aliphatic carbocycles. The van der Waals surface area contributed by atoms with E-state index in [9.17, 15) is 4.79 Å². The molecule has 2 aromatic rings. The van der Waals surface area contributed by atoms with Crippen LogP contribution in [0.2, 0.25) is 0 Å². The zero-order chi connectivity index (χ0) is 14.8. The number of benzene rings is 1. The third-order valence-electron chi connectivity index (χ3n) is 3.53. The molecule has 21 heavy (non-hydrogen) atoms. The van der Waals surface area contributed by atoms with E-state index in [0.29, 0.717) is 6.61 Å². The average Bonchev–Trinajstić information content (AvgIpc) is 3.16. The first-order valence-electron chi connectivity index (χ1n) is 6.78. The number of nitrogens with zero attached hydrogens (tertiary/aromatic N) is 2. The molecule has 1 aliphatic heterocycles. The highest BCUT2D eigenvalue weighted by atomic mass is 16.5. The predicted molar refractivity (Wildman–Crippen MR) is 75.0 cm³/mol. The summed E-state index contributed by atoms with van der Waals surface area (Å²) < 4.78 is 12.4. The molecule has 0 bridgehead atoms. The monoisotopic (exact) mass is 288 g/mol. The topological polar surface area (TPSA) is 73.6 Å². The molecule has 1 aromatic carbocycles. The zero-order valence-corrected chi connectivity index (χ0v) is 11.7. The van der Waals surface area contributed by atoms with Crippen molar-refractivity contribution in [3.8, 4) is 11.4 Å². The fraction of sp³-hybridized carbons (Fsp3) is 0.333. The van der Waals surface area contributed by atoms with Gasteiger partial charge >= 0.3 is 5.97 Å². The summed E-state index contributed by atoms with van der Waals surface area (Å²) in [5.74, 6) is -0.301. The Morgan fingerprint density at radius 3 is 2.76 bits per heavy atom. The summed E-state index contributed by atoms with van der Waals surface area (Å²) in [6.45, 7) is 0.695. The van der Waals surface area contributed by atoms with E-state index < -0.39 is 5.97 Å². The zero-order valence-electron chi connectivity index (χ0n) is 11.7. The molecule has 0 spiro atoms. The molecule has 110 valence electrons. The highest BCUT2D eigenvalue weighted by molar-refractivity contribution is 5.85. The van der Waals surface area contributed by atoms with Crippen molar-refractivity contribution in [2.24, 2.45) is 0 Å². The third-order valence-corrected chi connectivity index (χ3v) is 3.53. The minimum atomic E-state index is -1.04. The standard InChI is InChI=1S/C15H16N2O4/c1-20-11-6-4-10(5-7-11)17-13(14-3-2-8-21-14)9-12(16-17)15(18)19/h4-7,9,14H,2-3,8H2,1H3,(H,18,19). The molecule has 6 heteroatoms. The number of methoxy groups -OCH3 is 1.